The van der Waals surface area contributed by atoms with Crippen LogP contribution in [0.2, 0.25) is 0 Å². The van der Waals surface area contributed by atoms with Gasteiger partial charge in [0.05, 0.1) is 18.9 Å². The maximum absolute atomic E-state index is 5.57. The van der Waals surface area contributed by atoms with Gasteiger partial charge in [-0.25, -0.2) is 0 Å². The fourth-order valence-corrected chi connectivity index (χ4v) is 1.72. The Hall–Kier alpha value is 0.0969. The first-order valence-corrected chi connectivity index (χ1v) is 5.48. The molecule has 0 aromatic heterocycles. The highest BCUT2D eigenvalue weighted by molar-refractivity contribution is 6.28. The second-order valence-electron chi connectivity index (χ2n) is 2.77. The van der Waals surface area contributed by atoms with Crippen molar-refractivity contribution >= 4 is 9.76 Å². The van der Waals surface area contributed by atoms with Gasteiger partial charge >= 0.3 is 0 Å². The van der Waals surface area contributed by atoms with Crippen LogP contribution in [0.15, 0.2) is 0 Å². The van der Waals surface area contributed by atoms with Gasteiger partial charge in [-0.1, -0.05) is 6.92 Å². The van der Waals surface area contributed by atoms with Gasteiger partial charge in [0.2, 0.25) is 0 Å². The third kappa shape index (κ3) is 3.86. The molecule has 0 amide bonds. The first-order valence-electron chi connectivity index (χ1n) is 4.09. The monoisotopic (exact) mass is 176 g/mol. The van der Waals surface area contributed by atoms with Crippen molar-refractivity contribution in [1.29, 1.82) is 0 Å². The number of ether oxygens (including phenoxy) is 2. The van der Waals surface area contributed by atoms with Crippen LogP contribution in [0, 0.1) is 0 Å². The fourth-order valence-electron chi connectivity index (χ4n) is 0.877. The molecule has 1 rings (SSSR count). The molecule has 0 radical (unpaired) electrons. The second-order valence-corrected chi connectivity index (χ2v) is 4.60. The summed E-state index contributed by atoms with van der Waals surface area (Å²) in [6.07, 6.45) is 1.45. The van der Waals surface area contributed by atoms with Gasteiger partial charge in [-0.15, -0.1) is 0 Å². The van der Waals surface area contributed by atoms with Gasteiger partial charge in [-0.3, -0.25) is 0 Å². The van der Waals surface area contributed by atoms with Crippen molar-refractivity contribution in [3.05, 3.63) is 0 Å². The van der Waals surface area contributed by atoms with Crippen molar-refractivity contribution in [3.63, 3.8) is 0 Å². The van der Waals surface area contributed by atoms with E-state index in [1.807, 2.05) is 0 Å². The molecular weight excluding hydrogens is 160 g/mol. The Kier molecular flexibility index (Phi) is 4.07. The summed E-state index contributed by atoms with van der Waals surface area (Å²) in [5.41, 5.74) is 0.379. The summed E-state index contributed by atoms with van der Waals surface area (Å²) in [6, 6.07) is 0. The first kappa shape index (κ1) is 9.19. The van der Waals surface area contributed by atoms with E-state index >= 15 is 0 Å². The maximum Gasteiger partial charge on any atom is 0.189 e. The topological polar surface area (TPSA) is 31.0 Å². The van der Waals surface area contributed by atoms with Crippen LogP contribution in [-0.2, 0) is 13.9 Å². The molecule has 66 valence electrons. The van der Waals surface area contributed by atoms with Crippen molar-refractivity contribution in [3.8, 4) is 0 Å². The molecule has 0 aliphatic carbocycles. The Labute approximate surface area is 70.0 Å². The fraction of sp³-hybridized carbons (Fsp3) is 1.00. The number of hydrogen-bond donors (Lipinski definition) is 0. The van der Waals surface area contributed by atoms with E-state index in [-0.39, 0.29) is 0 Å². The highest BCUT2D eigenvalue weighted by Gasteiger charge is 2.23. The van der Waals surface area contributed by atoms with Gasteiger partial charge < -0.3 is 13.9 Å². The van der Waals surface area contributed by atoms with E-state index in [1.165, 1.54) is 0 Å². The first-order chi connectivity index (χ1) is 5.36. The largest absolute Gasteiger partial charge is 0.424 e. The molecule has 1 saturated heterocycles. The maximum atomic E-state index is 5.57. The smallest absolute Gasteiger partial charge is 0.189 e. The zero-order chi connectivity index (χ0) is 8.10. The molecule has 2 unspecified atom stereocenters. The minimum atomic E-state index is -0.457. The predicted molar refractivity (Wildman–Crippen MR) is 45.3 cm³/mol. The molecule has 0 spiro atoms. The van der Waals surface area contributed by atoms with E-state index in [0.717, 1.165) is 19.6 Å². The van der Waals surface area contributed by atoms with Gasteiger partial charge in [0.25, 0.3) is 0 Å². The quantitative estimate of drug-likeness (QED) is 0.417. The number of epoxide rings is 1. The Bertz CT molecular complexity index is 106. The van der Waals surface area contributed by atoms with Crippen LogP contribution in [-0.4, -0.2) is 41.9 Å². The van der Waals surface area contributed by atoms with Gasteiger partial charge in [-0.05, 0) is 6.42 Å². The van der Waals surface area contributed by atoms with Crippen LogP contribution in [0.1, 0.15) is 13.3 Å². The van der Waals surface area contributed by atoms with E-state index < -0.39 is 9.76 Å². The summed E-state index contributed by atoms with van der Waals surface area (Å²) in [6.45, 7) is 3.77. The number of hydrogen-bond acceptors (Lipinski definition) is 3. The lowest BCUT2D eigenvalue weighted by Gasteiger charge is -2.12. The van der Waals surface area contributed by atoms with Gasteiger partial charge in [0.15, 0.2) is 9.76 Å². The minimum Gasteiger partial charge on any atom is -0.424 e. The molecule has 0 aromatic rings. The third-order valence-electron chi connectivity index (χ3n) is 1.73. The molecule has 1 aliphatic rings. The Balaban J connectivity index is 1.98. The lowest BCUT2D eigenvalue weighted by Crippen LogP contribution is -2.23. The molecule has 0 aromatic carbocycles. The van der Waals surface area contributed by atoms with Crippen molar-refractivity contribution in [2.24, 2.45) is 0 Å². The van der Waals surface area contributed by atoms with Crippen LogP contribution >= 0.6 is 0 Å². The SMILES string of the molecule is CCC(OCC1CO1)[SiH2]OC. The summed E-state index contributed by atoms with van der Waals surface area (Å²) in [5.74, 6) is 0. The second kappa shape index (κ2) is 4.87. The number of rotatable bonds is 6. The summed E-state index contributed by atoms with van der Waals surface area (Å²) in [4.78, 5) is 0. The molecule has 0 bridgehead atoms. The Morgan fingerprint density at radius 2 is 2.45 bits per heavy atom. The molecule has 0 saturated carbocycles. The molecule has 1 fully saturated rings. The lowest BCUT2D eigenvalue weighted by atomic mass is 10.5. The third-order valence-corrected chi connectivity index (χ3v) is 3.25. The highest BCUT2D eigenvalue weighted by Crippen LogP contribution is 2.10. The van der Waals surface area contributed by atoms with Crippen LogP contribution in [0.25, 0.3) is 0 Å². The predicted octanol–water partition coefficient (Wildman–Crippen LogP) is -0.132. The molecule has 0 N–H and O–H groups in total. The Morgan fingerprint density at radius 1 is 1.73 bits per heavy atom. The normalized spacial score (nSPS) is 26.2. The van der Waals surface area contributed by atoms with E-state index in [9.17, 15) is 0 Å². The molecular formula is C7H16O3Si. The van der Waals surface area contributed by atoms with Crippen LogP contribution in [0.3, 0.4) is 0 Å². The summed E-state index contributed by atoms with van der Waals surface area (Å²) < 4.78 is 15.7. The molecule has 11 heavy (non-hydrogen) atoms. The average Bonchev–Trinajstić information content (AvgIpc) is 2.81. The zero-order valence-corrected chi connectivity index (χ0v) is 8.62. The Morgan fingerprint density at radius 3 is 2.91 bits per heavy atom. The highest BCUT2D eigenvalue weighted by atomic mass is 28.2. The molecule has 1 heterocycles. The minimum absolute atomic E-state index is 0.379. The summed E-state index contributed by atoms with van der Waals surface area (Å²) in [5, 5.41) is 0. The van der Waals surface area contributed by atoms with Crippen LogP contribution in [0.4, 0.5) is 0 Å². The van der Waals surface area contributed by atoms with Gasteiger partial charge in [0.1, 0.15) is 6.10 Å². The van der Waals surface area contributed by atoms with Gasteiger partial charge in [0, 0.05) is 7.11 Å². The average molecular weight is 176 g/mol. The lowest BCUT2D eigenvalue weighted by molar-refractivity contribution is 0.0795. The molecule has 4 heteroatoms. The van der Waals surface area contributed by atoms with Crippen molar-refractivity contribution < 1.29 is 13.9 Å². The van der Waals surface area contributed by atoms with E-state index in [2.05, 4.69) is 6.92 Å². The summed E-state index contributed by atoms with van der Waals surface area (Å²) >= 11 is 0. The van der Waals surface area contributed by atoms with E-state index in [1.54, 1.807) is 7.11 Å². The molecule has 2 atom stereocenters. The van der Waals surface area contributed by atoms with Gasteiger partial charge in [-0.2, -0.15) is 0 Å². The van der Waals surface area contributed by atoms with Crippen molar-refractivity contribution in [1.82, 2.24) is 0 Å². The van der Waals surface area contributed by atoms with Crippen molar-refractivity contribution in [2.45, 2.75) is 25.2 Å². The van der Waals surface area contributed by atoms with Crippen LogP contribution < -0.4 is 0 Å². The standard InChI is InChI=1S/C7H16O3Si/c1-3-7(11-8-2)10-5-6-4-9-6/h6-7H,3-5,11H2,1-2H3. The summed E-state index contributed by atoms with van der Waals surface area (Å²) in [7, 11) is 1.30. The van der Waals surface area contributed by atoms with Crippen LogP contribution in [0.5, 0.6) is 0 Å². The molecule has 3 nitrogen and oxygen atoms in total. The molecule has 1 aliphatic heterocycles. The zero-order valence-electron chi connectivity index (χ0n) is 7.21. The van der Waals surface area contributed by atoms with Crippen molar-refractivity contribution in [2.75, 3.05) is 20.3 Å². The van der Waals surface area contributed by atoms with E-state index in [4.69, 9.17) is 13.9 Å². The van der Waals surface area contributed by atoms with E-state index in [0.29, 0.717) is 11.8 Å².